The molecule has 7 rings (SSSR count). The summed E-state index contributed by atoms with van der Waals surface area (Å²) < 4.78 is 5.71. The number of nitrogens with one attached hydrogen (secondary N) is 2. The first-order valence-corrected chi connectivity index (χ1v) is 14.9. The molecule has 2 heterocycles. The highest BCUT2D eigenvalue weighted by Gasteiger charge is 2.66. The molecule has 2 fully saturated rings. The van der Waals surface area contributed by atoms with Crippen LogP contribution >= 0.6 is 0 Å². The average molecular weight is 573 g/mol. The van der Waals surface area contributed by atoms with E-state index >= 15 is 0 Å². The Hall–Kier alpha value is -4.23. The van der Waals surface area contributed by atoms with Gasteiger partial charge in [0.15, 0.2) is 5.78 Å². The maximum absolute atomic E-state index is 14.5. The molecule has 1 aliphatic carbocycles. The van der Waals surface area contributed by atoms with Crippen molar-refractivity contribution >= 4 is 16.7 Å². The van der Waals surface area contributed by atoms with Crippen molar-refractivity contribution in [3.63, 3.8) is 0 Å². The number of aliphatic hydroxyl groups is 2. The normalized spacial score (nSPS) is 26.2. The lowest BCUT2D eigenvalue weighted by Crippen LogP contribution is -2.62. The standard InChI is InChI=1S/C37H36N2O4/c1-43-32-19-11-9-17-28(32)37(42)29-23-39-35(31(40)20-24-22-38-30-18-10-8-16-27(24)30)34(29)36(21-33(37)41,25-12-4-2-5-13-25)26-14-6-3-7-15-26/h2-19,22,29,33-35,38-39,41-42H,20-21,23H2,1H3. The smallest absolute Gasteiger partial charge is 0.154 e. The van der Waals surface area contributed by atoms with E-state index in [1.807, 2.05) is 91.1 Å². The fraction of sp³-hybridized carbons (Fsp3) is 0.270. The number of aromatic nitrogens is 1. The molecule has 1 saturated heterocycles. The number of benzene rings is 4. The summed E-state index contributed by atoms with van der Waals surface area (Å²) >= 11 is 0. The molecule has 218 valence electrons. The van der Waals surface area contributed by atoms with E-state index in [1.165, 1.54) is 0 Å². The van der Waals surface area contributed by atoms with Gasteiger partial charge in [-0.05, 0) is 35.2 Å². The second kappa shape index (κ2) is 10.8. The lowest BCUT2D eigenvalue weighted by Gasteiger charge is -2.56. The van der Waals surface area contributed by atoms with Crippen molar-refractivity contribution in [2.75, 3.05) is 13.7 Å². The highest BCUT2D eigenvalue weighted by molar-refractivity contribution is 5.92. The quantitative estimate of drug-likeness (QED) is 0.217. The second-order valence-corrected chi connectivity index (χ2v) is 12.0. The predicted octanol–water partition coefficient (Wildman–Crippen LogP) is 5.13. The van der Waals surface area contributed by atoms with Crippen molar-refractivity contribution in [3.8, 4) is 5.75 Å². The third-order valence-corrected chi connectivity index (χ3v) is 10.0. The number of hydrogen-bond acceptors (Lipinski definition) is 5. The first-order valence-electron chi connectivity index (χ1n) is 14.9. The Bertz CT molecular complexity index is 1710. The Balaban J connectivity index is 1.41. The minimum Gasteiger partial charge on any atom is -0.496 e. The van der Waals surface area contributed by atoms with Crippen LogP contribution in [0.5, 0.6) is 5.75 Å². The minimum atomic E-state index is -1.65. The zero-order chi connectivity index (χ0) is 29.6. The summed E-state index contributed by atoms with van der Waals surface area (Å²) in [5, 5.41) is 29.5. The van der Waals surface area contributed by atoms with Crippen molar-refractivity contribution in [3.05, 3.63) is 138 Å². The fourth-order valence-electron chi connectivity index (χ4n) is 8.14. The minimum absolute atomic E-state index is 0.0623. The average Bonchev–Trinajstić information content (AvgIpc) is 3.69. The molecule has 0 spiro atoms. The Morgan fingerprint density at radius 3 is 2.21 bits per heavy atom. The van der Waals surface area contributed by atoms with Gasteiger partial charge in [-0.25, -0.2) is 0 Å². The van der Waals surface area contributed by atoms with E-state index in [4.69, 9.17) is 4.74 Å². The number of ketones is 1. The SMILES string of the molecule is COc1ccccc1C1(O)C(O)CC(c2ccccc2)(c2ccccc2)C2C(C(=O)Cc3c[nH]c4ccccc34)NCC21. The van der Waals surface area contributed by atoms with Crippen molar-refractivity contribution in [2.45, 2.75) is 36.0 Å². The van der Waals surface area contributed by atoms with Gasteiger partial charge in [-0.15, -0.1) is 0 Å². The number of para-hydroxylation sites is 2. The van der Waals surface area contributed by atoms with Crippen molar-refractivity contribution in [1.29, 1.82) is 0 Å². The molecule has 0 radical (unpaired) electrons. The molecule has 2 aliphatic rings. The molecule has 1 aliphatic heterocycles. The highest BCUT2D eigenvalue weighted by atomic mass is 16.5. The van der Waals surface area contributed by atoms with Gasteiger partial charge < -0.3 is 25.3 Å². The summed E-state index contributed by atoms with van der Waals surface area (Å²) in [4.78, 5) is 17.8. The van der Waals surface area contributed by atoms with Crippen LogP contribution in [0.2, 0.25) is 0 Å². The lowest BCUT2D eigenvalue weighted by molar-refractivity contribution is -0.171. The number of rotatable bonds is 7. The van der Waals surface area contributed by atoms with Crippen molar-refractivity contribution in [2.24, 2.45) is 11.8 Å². The van der Waals surface area contributed by atoms with Crippen LogP contribution in [0, 0.1) is 11.8 Å². The predicted molar refractivity (Wildman–Crippen MR) is 167 cm³/mol. The van der Waals surface area contributed by atoms with E-state index in [0.29, 0.717) is 17.9 Å². The molecule has 6 heteroatoms. The summed E-state index contributed by atoms with van der Waals surface area (Å²) in [6.07, 6.45) is 1.27. The van der Waals surface area contributed by atoms with Gasteiger partial charge in [0, 0.05) is 52.9 Å². The number of Topliss-reactive ketones (excluding diaryl/α,β-unsaturated/α-hetero) is 1. The number of carbonyl (C=O) groups is 1. The topological polar surface area (TPSA) is 94.6 Å². The van der Waals surface area contributed by atoms with Gasteiger partial charge in [0.05, 0.1) is 19.3 Å². The summed E-state index contributed by atoms with van der Waals surface area (Å²) in [7, 11) is 1.58. The molecule has 4 N–H and O–H groups in total. The van der Waals surface area contributed by atoms with Gasteiger partial charge in [0.1, 0.15) is 11.4 Å². The molecule has 43 heavy (non-hydrogen) atoms. The molecular formula is C37H36N2O4. The van der Waals surface area contributed by atoms with Gasteiger partial charge in [0.25, 0.3) is 0 Å². The van der Waals surface area contributed by atoms with Gasteiger partial charge in [-0.3, -0.25) is 4.79 Å². The van der Waals surface area contributed by atoms with E-state index in [2.05, 4.69) is 34.6 Å². The summed E-state index contributed by atoms with van der Waals surface area (Å²) in [6, 6.07) is 35.2. The molecule has 0 bridgehead atoms. The fourth-order valence-corrected chi connectivity index (χ4v) is 8.14. The largest absolute Gasteiger partial charge is 0.496 e. The van der Waals surface area contributed by atoms with Crippen LogP contribution in [0.15, 0.2) is 115 Å². The second-order valence-electron chi connectivity index (χ2n) is 12.0. The van der Waals surface area contributed by atoms with Crippen LogP contribution in [0.4, 0.5) is 0 Å². The first-order chi connectivity index (χ1) is 21.0. The van der Waals surface area contributed by atoms with E-state index in [1.54, 1.807) is 7.11 Å². The molecule has 1 saturated carbocycles. The van der Waals surface area contributed by atoms with Crippen LogP contribution in [0.1, 0.15) is 28.7 Å². The summed E-state index contributed by atoms with van der Waals surface area (Å²) in [6.45, 7) is 0.363. The third kappa shape index (κ3) is 4.24. The highest BCUT2D eigenvalue weighted by Crippen LogP contribution is 2.60. The molecule has 4 aromatic carbocycles. The zero-order valence-electron chi connectivity index (χ0n) is 24.1. The van der Waals surface area contributed by atoms with Gasteiger partial charge in [-0.1, -0.05) is 97.1 Å². The lowest BCUT2D eigenvalue weighted by atomic mass is 9.49. The molecule has 5 unspecified atom stereocenters. The Morgan fingerprint density at radius 1 is 0.884 bits per heavy atom. The third-order valence-electron chi connectivity index (χ3n) is 10.0. The number of aliphatic hydroxyl groups excluding tert-OH is 1. The van der Waals surface area contributed by atoms with Crippen molar-refractivity contribution in [1.82, 2.24) is 10.3 Å². The first kappa shape index (κ1) is 27.6. The molecule has 1 aromatic heterocycles. The van der Waals surface area contributed by atoms with E-state index in [0.717, 1.165) is 27.6 Å². The van der Waals surface area contributed by atoms with Crippen LogP contribution in [-0.2, 0) is 22.2 Å². The van der Waals surface area contributed by atoms with Crippen LogP contribution in [0.3, 0.4) is 0 Å². The Labute approximate surface area is 251 Å². The molecule has 6 nitrogen and oxygen atoms in total. The summed E-state index contributed by atoms with van der Waals surface area (Å²) in [5.41, 5.74) is 2.14. The van der Waals surface area contributed by atoms with Crippen LogP contribution in [-0.4, -0.2) is 46.8 Å². The van der Waals surface area contributed by atoms with Crippen LogP contribution in [0.25, 0.3) is 10.9 Å². The molecule has 0 amide bonds. The number of H-pyrrole nitrogens is 1. The number of carbonyl (C=O) groups excluding carboxylic acids is 1. The monoisotopic (exact) mass is 572 g/mol. The Morgan fingerprint density at radius 2 is 1.51 bits per heavy atom. The van der Waals surface area contributed by atoms with Gasteiger partial charge in [-0.2, -0.15) is 0 Å². The van der Waals surface area contributed by atoms with Gasteiger partial charge in [0.2, 0.25) is 0 Å². The Kier molecular flexibility index (Phi) is 6.93. The summed E-state index contributed by atoms with van der Waals surface area (Å²) in [5.74, 6) is -0.284. The van der Waals surface area contributed by atoms with Crippen molar-refractivity contribution < 1.29 is 19.7 Å². The maximum atomic E-state index is 14.5. The molecular weight excluding hydrogens is 536 g/mol. The number of methoxy groups -OCH3 is 1. The number of ether oxygens (including phenoxy) is 1. The van der Waals surface area contributed by atoms with E-state index in [9.17, 15) is 15.0 Å². The van der Waals surface area contributed by atoms with Crippen LogP contribution < -0.4 is 10.1 Å². The molecule has 5 atom stereocenters. The zero-order valence-corrected chi connectivity index (χ0v) is 24.1. The number of hydrogen-bond donors (Lipinski definition) is 4. The van der Waals surface area contributed by atoms with Gasteiger partial charge >= 0.3 is 0 Å². The number of fused-ring (bicyclic) bond motifs is 2. The number of aromatic amines is 1. The van der Waals surface area contributed by atoms with E-state index < -0.39 is 29.1 Å². The van der Waals surface area contributed by atoms with E-state index in [-0.39, 0.29) is 24.5 Å². The maximum Gasteiger partial charge on any atom is 0.154 e. The molecule has 5 aromatic rings.